The maximum Gasteiger partial charge on any atom is 0.352 e. The fourth-order valence-corrected chi connectivity index (χ4v) is 2.76. The van der Waals surface area contributed by atoms with Crippen molar-refractivity contribution in [3.63, 3.8) is 0 Å². The molecule has 6 nitrogen and oxygen atoms in total. The summed E-state index contributed by atoms with van der Waals surface area (Å²) in [5.74, 6) is -1.18. The molecule has 0 bridgehead atoms. The third-order valence-electron chi connectivity index (χ3n) is 4.32. The van der Waals surface area contributed by atoms with Crippen molar-refractivity contribution in [1.29, 1.82) is 0 Å². The summed E-state index contributed by atoms with van der Waals surface area (Å²) in [7, 11) is 0. The maximum absolute atomic E-state index is 12.7. The normalized spacial score (nSPS) is 13.9. The van der Waals surface area contributed by atoms with Crippen molar-refractivity contribution in [3.05, 3.63) is 71.8 Å². The molecule has 0 unspecified atom stereocenters. The molecule has 156 valence electrons. The molecule has 29 heavy (non-hydrogen) atoms. The molecule has 6 heteroatoms. The summed E-state index contributed by atoms with van der Waals surface area (Å²) in [4.78, 5) is 24.1. The van der Waals surface area contributed by atoms with Gasteiger partial charge in [-0.1, -0.05) is 67.6 Å². The van der Waals surface area contributed by atoms with Crippen LogP contribution in [-0.4, -0.2) is 30.9 Å². The number of ether oxygens (including phenoxy) is 4. The Hall–Kier alpha value is -2.70. The first kappa shape index (κ1) is 22.6. The van der Waals surface area contributed by atoms with E-state index in [1.165, 1.54) is 6.92 Å². The Morgan fingerprint density at radius 2 is 1.55 bits per heavy atom. The fraction of sp³-hybridized carbons (Fsp3) is 0.391. The zero-order valence-electron chi connectivity index (χ0n) is 17.1. The Balaban J connectivity index is 1.88. The second-order valence-corrected chi connectivity index (χ2v) is 6.61. The van der Waals surface area contributed by atoms with E-state index in [1.807, 2.05) is 50.2 Å². The van der Waals surface area contributed by atoms with Gasteiger partial charge in [0.2, 0.25) is 6.10 Å². The van der Waals surface area contributed by atoms with Crippen molar-refractivity contribution in [2.24, 2.45) is 0 Å². The molecular formula is C23H28O6. The van der Waals surface area contributed by atoms with Crippen molar-refractivity contribution in [1.82, 2.24) is 0 Å². The van der Waals surface area contributed by atoms with Crippen LogP contribution in [0.25, 0.3) is 0 Å². The Morgan fingerprint density at radius 3 is 2.14 bits per heavy atom. The topological polar surface area (TPSA) is 71.1 Å². The zero-order valence-corrected chi connectivity index (χ0v) is 17.1. The van der Waals surface area contributed by atoms with E-state index >= 15 is 0 Å². The lowest BCUT2D eigenvalue weighted by Crippen LogP contribution is -2.34. The molecule has 3 atom stereocenters. The Kier molecular flexibility index (Phi) is 9.34. The van der Waals surface area contributed by atoms with Crippen LogP contribution in [0.15, 0.2) is 60.7 Å². The van der Waals surface area contributed by atoms with Gasteiger partial charge in [-0.25, -0.2) is 4.79 Å². The van der Waals surface area contributed by atoms with Crippen LogP contribution in [0.2, 0.25) is 0 Å². The molecule has 0 aliphatic heterocycles. The first-order valence-electron chi connectivity index (χ1n) is 9.67. The predicted molar refractivity (Wildman–Crippen MR) is 108 cm³/mol. The number of carbonyl (C=O) groups excluding carboxylic acids is 2. The molecule has 0 fully saturated rings. The Labute approximate surface area is 171 Å². The summed E-state index contributed by atoms with van der Waals surface area (Å²) in [6.07, 6.45) is -1.44. The van der Waals surface area contributed by atoms with Gasteiger partial charge in [0.25, 0.3) is 0 Å². The van der Waals surface area contributed by atoms with E-state index < -0.39 is 24.1 Å². The molecule has 0 radical (unpaired) electrons. The van der Waals surface area contributed by atoms with Gasteiger partial charge in [0.1, 0.15) is 12.9 Å². The lowest BCUT2D eigenvalue weighted by Gasteiger charge is -2.25. The van der Waals surface area contributed by atoms with Crippen LogP contribution in [0.4, 0.5) is 0 Å². The van der Waals surface area contributed by atoms with E-state index in [2.05, 4.69) is 0 Å². The highest BCUT2D eigenvalue weighted by molar-refractivity contribution is 5.80. The first-order valence-corrected chi connectivity index (χ1v) is 9.67. The summed E-state index contributed by atoms with van der Waals surface area (Å²) < 4.78 is 22.0. The molecule has 0 saturated heterocycles. The number of rotatable bonds is 11. The molecule has 0 aliphatic rings. The van der Waals surface area contributed by atoms with Gasteiger partial charge in [-0.15, -0.1) is 0 Å². The van der Waals surface area contributed by atoms with Crippen molar-refractivity contribution >= 4 is 11.9 Å². The second kappa shape index (κ2) is 12.0. The first-order chi connectivity index (χ1) is 14.0. The molecule has 0 N–H and O–H groups in total. The molecule has 2 aromatic rings. The van der Waals surface area contributed by atoms with E-state index in [-0.39, 0.29) is 12.9 Å². The van der Waals surface area contributed by atoms with Crippen molar-refractivity contribution in [3.8, 4) is 0 Å². The third kappa shape index (κ3) is 7.68. The SMILES string of the molecule is CC[C@@H](OC(=O)[C@H](OC(C)=O)c1ccccc1)[C@@H](C)OCOCc1ccccc1. The summed E-state index contributed by atoms with van der Waals surface area (Å²) in [5.41, 5.74) is 1.61. The van der Waals surface area contributed by atoms with Gasteiger partial charge in [-0.05, 0) is 18.9 Å². The molecule has 0 heterocycles. The van der Waals surface area contributed by atoms with Gasteiger partial charge >= 0.3 is 11.9 Å². The van der Waals surface area contributed by atoms with Gasteiger partial charge in [-0.2, -0.15) is 0 Å². The molecular weight excluding hydrogens is 372 g/mol. The van der Waals surface area contributed by atoms with Crippen molar-refractivity contribution < 1.29 is 28.5 Å². The molecule has 2 aromatic carbocycles. The van der Waals surface area contributed by atoms with E-state index in [0.29, 0.717) is 18.6 Å². The van der Waals surface area contributed by atoms with E-state index in [9.17, 15) is 9.59 Å². The van der Waals surface area contributed by atoms with Crippen LogP contribution in [0.5, 0.6) is 0 Å². The van der Waals surface area contributed by atoms with Crippen molar-refractivity contribution in [2.75, 3.05) is 6.79 Å². The number of esters is 2. The van der Waals surface area contributed by atoms with Gasteiger partial charge in [0, 0.05) is 12.5 Å². The monoisotopic (exact) mass is 400 g/mol. The summed E-state index contributed by atoms with van der Waals surface area (Å²) >= 11 is 0. The number of carbonyl (C=O) groups is 2. The highest BCUT2D eigenvalue weighted by atomic mass is 16.7. The van der Waals surface area contributed by atoms with Gasteiger partial charge in [0.05, 0.1) is 12.7 Å². The highest BCUT2D eigenvalue weighted by Crippen LogP contribution is 2.21. The third-order valence-corrected chi connectivity index (χ3v) is 4.32. The van der Waals surface area contributed by atoms with Crippen molar-refractivity contribution in [2.45, 2.75) is 52.1 Å². The lowest BCUT2D eigenvalue weighted by atomic mass is 10.1. The van der Waals surface area contributed by atoms with Crippen LogP contribution >= 0.6 is 0 Å². The minimum atomic E-state index is -1.11. The van der Waals surface area contributed by atoms with Gasteiger partial charge in [-0.3, -0.25) is 4.79 Å². The van der Waals surface area contributed by atoms with Crippen LogP contribution in [0.3, 0.4) is 0 Å². The predicted octanol–water partition coefficient (Wildman–Crippen LogP) is 4.19. The van der Waals surface area contributed by atoms with Crippen LogP contribution in [0, 0.1) is 0 Å². The molecule has 0 aliphatic carbocycles. The van der Waals surface area contributed by atoms with Crippen LogP contribution in [0.1, 0.15) is 44.4 Å². The zero-order chi connectivity index (χ0) is 21.1. The average Bonchev–Trinajstić information content (AvgIpc) is 2.74. The molecule has 0 amide bonds. The second-order valence-electron chi connectivity index (χ2n) is 6.61. The molecule has 0 aromatic heterocycles. The fourth-order valence-electron chi connectivity index (χ4n) is 2.76. The number of benzene rings is 2. The summed E-state index contributed by atoms with van der Waals surface area (Å²) in [6.45, 7) is 5.49. The Bertz CT molecular complexity index is 746. The highest BCUT2D eigenvalue weighted by Gasteiger charge is 2.29. The quantitative estimate of drug-likeness (QED) is 0.320. The summed E-state index contributed by atoms with van der Waals surface area (Å²) in [6, 6.07) is 18.6. The van der Waals surface area contributed by atoms with Gasteiger partial charge < -0.3 is 18.9 Å². The minimum Gasteiger partial charge on any atom is -0.457 e. The van der Waals surface area contributed by atoms with Crippen LogP contribution in [-0.2, 0) is 35.1 Å². The maximum atomic E-state index is 12.7. The largest absolute Gasteiger partial charge is 0.457 e. The lowest BCUT2D eigenvalue weighted by molar-refractivity contribution is -0.181. The molecule has 2 rings (SSSR count). The van der Waals surface area contributed by atoms with Gasteiger partial charge in [0.15, 0.2) is 0 Å². The molecule has 0 saturated carbocycles. The minimum absolute atomic E-state index is 0.0795. The smallest absolute Gasteiger partial charge is 0.352 e. The number of hydrogen-bond acceptors (Lipinski definition) is 6. The van der Waals surface area contributed by atoms with E-state index in [0.717, 1.165) is 5.56 Å². The van der Waals surface area contributed by atoms with E-state index in [4.69, 9.17) is 18.9 Å². The standard InChI is InChI=1S/C23H28O6/c1-4-21(17(2)27-16-26-15-19-11-7-5-8-12-19)29-23(25)22(28-18(3)24)20-13-9-6-10-14-20/h5-14,17,21-22H,4,15-16H2,1-3H3/t17-,21-,22-/m1/s1. The number of hydrogen-bond donors (Lipinski definition) is 0. The average molecular weight is 400 g/mol. The Morgan fingerprint density at radius 1 is 0.931 bits per heavy atom. The molecule has 0 spiro atoms. The van der Waals surface area contributed by atoms with E-state index in [1.54, 1.807) is 24.3 Å². The van der Waals surface area contributed by atoms with Crippen LogP contribution < -0.4 is 0 Å². The summed E-state index contributed by atoms with van der Waals surface area (Å²) in [5, 5.41) is 0.